The van der Waals surface area contributed by atoms with Gasteiger partial charge in [0.25, 0.3) is 0 Å². The summed E-state index contributed by atoms with van der Waals surface area (Å²) in [6.45, 7) is -0.417. The lowest BCUT2D eigenvalue weighted by Crippen LogP contribution is -2.38. The van der Waals surface area contributed by atoms with E-state index < -0.39 is 22.5 Å². The van der Waals surface area contributed by atoms with Crippen molar-refractivity contribution in [3.05, 3.63) is 24.3 Å². The molecule has 1 aromatic rings. The number of carbonyl (C=O) groups excluding carboxylic acids is 1. The first-order valence-electron chi connectivity index (χ1n) is 4.75. The quantitative estimate of drug-likeness (QED) is 0.801. The summed E-state index contributed by atoms with van der Waals surface area (Å²) in [5, 5.41) is 0. The van der Waals surface area contributed by atoms with E-state index in [9.17, 15) is 13.2 Å². The average molecular weight is 258 g/mol. The van der Waals surface area contributed by atoms with E-state index in [0.717, 1.165) is 10.6 Å². The second kappa shape index (κ2) is 5.05. The second-order valence-corrected chi connectivity index (χ2v) is 5.31. The highest BCUT2D eigenvalue weighted by molar-refractivity contribution is 7.92. The van der Waals surface area contributed by atoms with E-state index in [-0.39, 0.29) is 5.69 Å². The molecule has 0 aliphatic carbocycles. The van der Waals surface area contributed by atoms with E-state index >= 15 is 0 Å². The Morgan fingerprint density at radius 1 is 1.41 bits per heavy atom. The Kier molecular flexibility index (Phi) is 3.95. The average Bonchev–Trinajstić information content (AvgIpc) is 2.24. The summed E-state index contributed by atoms with van der Waals surface area (Å²) in [5.41, 5.74) is 5.32. The molecule has 0 saturated heterocycles. The third kappa shape index (κ3) is 3.35. The van der Waals surface area contributed by atoms with E-state index in [2.05, 4.69) is 0 Å². The molecule has 1 aromatic carbocycles. The van der Waals surface area contributed by atoms with Gasteiger partial charge in [-0.1, -0.05) is 12.1 Å². The first-order valence-corrected chi connectivity index (χ1v) is 6.60. The number of primary amides is 1. The number of nitrogens with two attached hydrogens (primary N) is 1. The Morgan fingerprint density at radius 2 is 2.00 bits per heavy atom. The minimum Gasteiger partial charge on any atom is -0.495 e. The van der Waals surface area contributed by atoms with E-state index in [1.54, 1.807) is 24.3 Å². The van der Waals surface area contributed by atoms with Gasteiger partial charge in [0.2, 0.25) is 15.9 Å². The molecule has 0 bridgehead atoms. The topological polar surface area (TPSA) is 89.7 Å². The molecular formula is C10H14N2O4S. The Morgan fingerprint density at radius 3 is 2.47 bits per heavy atom. The number of benzene rings is 1. The van der Waals surface area contributed by atoms with Crippen molar-refractivity contribution in [2.45, 2.75) is 0 Å². The Labute approximate surface area is 100 Å². The normalized spacial score (nSPS) is 10.9. The lowest BCUT2D eigenvalue weighted by atomic mass is 10.3. The molecule has 0 saturated carbocycles. The van der Waals surface area contributed by atoms with Crippen LogP contribution in [0.15, 0.2) is 24.3 Å². The zero-order valence-corrected chi connectivity index (χ0v) is 10.4. The van der Waals surface area contributed by atoms with Gasteiger partial charge in [-0.2, -0.15) is 0 Å². The minimum absolute atomic E-state index is 0.288. The predicted octanol–water partition coefficient (Wildman–Crippen LogP) is -0.0535. The highest BCUT2D eigenvalue weighted by atomic mass is 32.2. The molecule has 17 heavy (non-hydrogen) atoms. The molecule has 0 aliphatic heterocycles. The van der Waals surface area contributed by atoms with E-state index in [0.29, 0.717) is 5.75 Å². The van der Waals surface area contributed by atoms with Crippen molar-refractivity contribution in [3.8, 4) is 5.75 Å². The van der Waals surface area contributed by atoms with E-state index in [1.165, 1.54) is 7.11 Å². The number of sulfonamides is 1. The fourth-order valence-corrected chi connectivity index (χ4v) is 2.23. The van der Waals surface area contributed by atoms with Crippen LogP contribution >= 0.6 is 0 Å². The van der Waals surface area contributed by atoms with E-state index in [1.807, 2.05) is 0 Å². The molecule has 0 aromatic heterocycles. The van der Waals surface area contributed by atoms with Crippen LogP contribution in [0.25, 0.3) is 0 Å². The van der Waals surface area contributed by atoms with Gasteiger partial charge in [-0.05, 0) is 12.1 Å². The van der Waals surface area contributed by atoms with E-state index in [4.69, 9.17) is 10.5 Å². The molecular weight excluding hydrogens is 244 g/mol. The Hall–Kier alpha value is -1.76. The first-order chi connectivity index (χ1) is 7.86. The molecule has 0 aliphatic rings. The minimum atomic E-state index is -3.59. The number of carbonyl (C=O) groups is 1. The Bertz CT molecular complexity index is 513. The van der Waals surface area contributed by atoms with Crippen LogP contribution < -0.4 is 14.8 Å². The summed E-state index contributed by atoms with van der Waals surface area (Å²) >= 11 is 0. The van der Waals surface area contributed by atoms with Crippen LogP contribution in [0.5, 0.6) is 5.75 Å². The number of amides is 1. The molecule has 0 unspecified atom stereocenters. The maximum atomic E-state index is 11.6. The van der Waals surface area contributed by atoms with Crippen LogP contribution in [0.1, 0.15) is 0 Å². The van der Waals surface area contributed by atoms with Crippen molar-refractivity contribution in [1.29, 1.82) is 0 Å². The lowest BCUT2D eigenvalue weighted by molar-refractivity contribution is -0.116. The zero-order valence-electron chi connectivity index (χ0n) is 9.58. The van der Waals surface area contributed by atoms with Crippen molar-refractivity contribution in [2.75, 3.05) is 24.2 Å². The molecule has 0 radical (unpaired) electrons. The third-order valence-electron chi connectivity index (χ3n) is 2.05. The van der Waals surface area contributed by atoms with Crippen LogP contribution in [0.2, 0.25) is 0 Å². The van der Waals surface area contributed by atoms with Crippen LogP contribution in [0.4, 0.5) is 5.69 Å². The van der Waals surface area contributed by atoms with Crippen molar-refractivity contribution >= 4 is 21.6 Å². The van der Waals surface area contributed by atoms with Crippen LogP contribution in [0, 0.1) is 0 Å². The standard InChI is InChI=1S/C10H14N2O4S/c1-16-9-6-4-3-5-8(9)12(7-10(11)13)17(2,14)15/h3-6H,7H2,1-2H3,(H2,11,13). The molecule has 0 spiro atoms. The largest absolute Gasteiger partial charge is 0.495 e. The molecule has 7 heteroatoms. The molecule has 1 rings (SSSR count). The summed E-state index contributed by atoms with van der Waals surface area (Å²) in [5.74, 6) is -0.375. The number of nitrogens with zero attached hydrogens (tertiary/aromatic N) is 1. The monoisotopic (exact) mass is 258 g/mol. The number of hydrogen-bond donors (Lipinski definition) is 1. The molecule has 1 amide bonds. The number of rotatable bonds is 5. The van der Waals surface area contributed by atoms with Crippen LogP contribution in [-0.2, 0) is 14.8 Å². The van der Waals surface area contributed by atoms with Gasteiger partial charge in [0, 0.05) is 0 Å². The van der Waals surface area contributed by atoms with Crippen molar-refractivity contribution < 1.29 is 17.9 Å². The van der Waals surface area contributed by atoms with Gasteiger partial charge in [-0.25, -0.2) is 8.42 Å². The Balaban J connectivity index is 3.27. The van der Waals surface area contributed by atoms with Crippen LogP contribution in [-0.4, -0.2) is 34.2 Å². The van der Waals surface area contributed by atoms with Crippen molar-refractivity contribution in [1.82, 2.24) is 0 Å². The number of anilines is 1. The second-order valence-electron chi connectivity index (χ2n) is 3.41. The van der Waals surface area contributed by atoms with Gasteiger partial charge in [0.1, 0.15) is 12.3 Å². The molecule has 2 N–H and O–H groups in total. The summed E-state index contributed by atoms with van der Waals surface area (Å²) in [7, 11) is -2.17. The molecule has 0 heterocycles. The highest BCUT2D eigenvalue weighted by Gasteiger charge is 2.22. The summed E-state index contributed by atoms with van der Waals surface area (Å²) in [6, 6.07) is 6.50. The molecule has 94 valence electrons. The molecule has 0 atom stereocenters. The molecule has 0 fully saturated rings. The summed E-state index contributed by atoms with van der Waals surface area (Å²) < 4.78 is 29.2. The summed E-state index contributed by atoms with van der Waals surface area (Å²) in [6.07, 6.45) is 1.00. The number of para-hydroxylation sites is 2. The summed E-state index contributed by atoms with van der Waals surface area (Å²) in [4.78, 5) is 10.9. The smallest absolute Gasteiger partial charge is 0.238 e. The SMILES string of the molecule is COc1ccccc1N(CC(N)=O)S(C)(=O)=O. The van der Waals surface area contributed by atoms with Crippen molar-refractivity contribution in [2.24, 2.45) is 5.73 Å². The zero-order chi connectivity index (χ0) is 13.1. The first kappa shape index (κ1) is 13.3. The number of hydrogen-bond acceptors (Lipinski definition) is 4. The van der Waals surface area contributed by atoms with Gasteiger partial charge >= 0.3 is 0 Å². The fourth-order valence-electron chi connectivity index (χ4n) is 1.36. The molecule has 6 nitrogen and oxygen atoms in total. The van der Waals surface area contributed by atoms with Gasteiger partial charge < -0.3 is 10.5 Å². The van der Waals surface area contributed by atoms with Gasteiger partial charge in [-0.3, -0.25) is 9.10 Å². The van der Waals surface area contributed by atoms with Gasteiger partial charge in [0.15, 0.2) is 0 Å². The third-order valence-corrected chi connectivity index (χ3v) is 3.18. The fraction of sp³-hybridized carbons (Fsp3) is 0.300. The number of methoxy groups -OCH3 is 1. The number of ether oxygens (including phenoxy) is 1. The van der Waals surface area contributed by atoms with Gasteiger partial charge in [-0.15, -0.1) is 0 Å². The van der Waals surface area contributed by atoms with Crippen molar-refractivity contribution in [3.63, 3.8) is 0 Å². The lowest BCUT2D eigenvalue weighted by Gasteiger charge is -2.22. The highest BCUT2D eigenvalue weighted by Crippen LogP contribution is 2.28. The maximum absolute atomic E-state index is 11.6. The maximum Gasteiger partial charge on any atom is 0.238 e. The van der Waals surface area contributed by atoms with Gasteiger partial charge in [0.05, 0.1) is 19.1 Å². The predicted molar refractivity (Wildman–Crippen MR) is 64.4 cm³/mol. The van der Waals surface area contributed by atoms with Crippen LogP contribution in [0.3, 0.4) is 0 Å².